The average molecular weight is 441 g/mol. The smallest absolute Gasteiger partial charge is 0.253 e. The number of carbonyl (C=O) groups is 1. The number of aromatic amines is 1. The number of aromatic nitrogens is 1. The highest BCUT2D eigenvalue weighted by atomic mass is 16.1. The third-order valence-corrected chi connectivity index (χ3v) is 5.72. The highest BCUT2D eigenvalue weighted by Gasteiger charge is 2.16. The molecule has 2 atom stereocenters. The van der Waals surface area contributed by atoms with Gasteiger partial charge in [0.1, 0.15) is 0 Å². The second-order valence-corrected chi connectivity index (χ2v) is 9.04. The number of hydrazine groups is 1. The van der Waals surface area contributed by atoms with E-state index in [-0.39, 0.29) is 5.91 Å². The maximum Gasteiger partial charge on any atom is 0.253 e. The van der Waals surface area contributed by atoms with Crippen LogP contribution in [-0.2, 0) is 6.54 Å². The van der Waals surface area contributed by atoms with Crippen LogP contribution in [-0.4, -0.2) is 17.9 Å². The first kappa shape index (κ1) is 27.7. The first-order valence-electron chi connectivity index (χ1n) is 11.8. The van der Waals surface area contributed by atoms with Gasteiger partial charge in [0.2, 0.25) is 0 Å². The molecule has 1 saturated carbocycles. The highest BCUT2D eigenvalue weighted by molar-refractivity contribution is 5.95. The molecule has 5 N–H and O–H groups in total. The van der Waals surface area contributed by atoms with E-state index in [4.69, 9.17) is 0 Å². The van der Waals surface area contributed by atoms with E-state index in [9.17, 15) is 4.79 Å². The second kappa shape index (κ2) is 14.6. The Morgan fingerprint density at radius 3 is 2.12 bits per heavy atom. The monoisotopic (exact) mass is 440 g/mol. The molecule has 32 heavy (non-hydrogen) atoms. The molecule has 2 unspecified atom stereocenters. The van der Waals surface area contributed by atoms with Crippen molar-refractivity contribution in [2.24, 2.45) is 17.7 Å². The Bertz CT molecular complexity index is 815. The molecule has 1 amide bonds. The molecule has 2 aromatic rings. The molecule has 0 spiro atoms. The van der Waals surface area contributed by atoms with Gasteiger partial charge in [0.15, 0.2) is 0 Å². The van der Waals surface area contributed by atoms with Crippen molar-refractivity contribution in [3.8, 4) is 0 Å². The van der Waals surface area contributed by atoms with Gasteiger partial charge in [-0.05, 0) is 68.3 Å². The van der Waals surface area contributed by atoms with E-state index in [1.54, 1.807) is 7.05 Å². The Hall–Kier alpha value is -2.37. The van der Waals surface area contributed by atoms with E-state index in [1.165, 1.54) is 24.8 Å². The van der Waals surface area contributed by atoms with Crippen molar-refractivity contribution >= 4 is 11.5 Å². The standard InChI is InChI=1S/C19H24N2O.C7H14.CH6N2/c1-5-6-13(2)17-9-7-16(8-10-17)12-20-19(22)18-11-14(3)21-15(18)4;1-6-3-4-7(2)5-6;1-3-2/h7-11,21H,2,5-6,12H2,1,3-4H3,(H,20,22);6-7H,3-5H2,1-2H3;3H,2H2,1H3. The van der Waals surface area contributed by atoms with Crippen molar-refractivity contribution in [3.05, 3.63) is 65.0 Å². The third-order valence-electron chi connectivity index (χ3n) is 5.72. The summed E-state index contributed by atoms with van der Waals surface area (Å²) in [7, 11) is 1.65. The molecule has 1 aliphatic rings. The molecule has 3 rings (SSSR count). The molecular formula is C27H44N4O. The molecule has 1 aromatic carbocycles. The van der Waals surface area contributed by atoms with Gasteiger partial charge >= 0.3 is 0 Å². The highest BCUT2D eigenvalue weighted by Crippen LogP contribution is 2.29. The second-order valence-electron chi connectivity index (χ2n) is 9.04. The van der Waals surface area contributed by atoms with E-state index >= 15 is 0 Å². The van der Waals surface area contributed by atoms with Crippen molar-refractivity contribution < 1.29 is 4.79 Å². The number of amides is 1. The molecule has 1 aliphatic carbocycles. The Morgan fingerprint density at radius 2 is 1.72 bits per heavy atom. The molecule has 0 radical (unpaired) electrons. The normalized spacial score (nSPS) is 17.0. The van der Waals surface area contributed by atoms with Gasteiger partial charge in [0.05, 0.1) is 5.56 Å². The average Bonchev–Trinajstić information content (AvgIpc) is 3.30. The lowest BCUT2D eigenvalue weighted by molar-refractivity contribution is 0.0950. The summed E-state index contributed by atoms with van der Waals surface area (Å²) in [6, 6.07) is 10.1. The fraction of sp³-hybridized carbons (Fsp3) is 0.519. The Morgan fingerprint density at radius 1 is 1.16 bits per heavy atom. The first-order valence-corrected chi connectivity index (χ1v) is 11.8. The van der Waals surface area contributed by atoms with Crippen molar-refractivity contribution in [2.75, 3.05) is 7.05 Å². The number of hydrogen-bond acceptors (Lipinski definition) is 3. The predicted molar refractivity (Wildman–Crippen MR) is 137 cm³/mol. The summed E-state index contributed by atoms with van der Waals surface area (Å²) in [5.41, 5.74) is 8.30. The van der Waals surface area contributed by atoms with Crippen LogP contribution in [0.25, 0.3) is 5.57 Å². The summed E-state index contributed by atoms with van der Waals surface area (Å²) in [4.78, 5) is 15.3. The minimum absolute atomic E-state index is 0.0404. The number of rotatable bonds is 6. The molecule has 1 aromatic heterocycles. The zero-order chi connectivity index (χ0) is 24.1. The van der Waals surface area contributed by atoms with Gasteiger partial charge in [0.25, 0.3) is 5.91 Å². The number of H-pyrrole nitrogens is 1. The van der Waals surface area contributed by atoms with Gasteiger partial charge in [-0.1, -0.05) is 70.9 Å². The maximum atomic E-state index is 12.2. The summed E-state index contributed by atoms with van der Waals surface area (Å²) in [6.45, 7) is 15.3. The van der Waals surface area contributed by atoms with Crippen LogP contribution in [0.15, 0.2) is 36.9 Å². The van der Waals surface area contributed by atoms with Crippen molar-refractivity contribution in [2.45, 2.75) is 73.3 Å². The van der Waals surface area contributed by atoms with Crippen LogP contribution in [0.1, 0.15) is 85.7 Å². The molecule has 178 valence electrons. The SMILES string of the molecule is C=C(CCC)c1ccc(CNC(=O)c2cc(C)[nH]c2C)cc1.CC1CCC(C)C1.CNN. The zero-order valence-corrected chi connectivity index (χ0v) is 21.0. The number of allylic oxidation sites excluding steroid dienone is 1. The Balaban J connectivity index is 0.000000424. The van der Waals surface area contributed by atoms with Crippen molar-refractivity contribution in [1.82, 2.24) is 15.7 Å². The summed E-state index contributed by atoms with van der Waals surface area (Å²) in [5.74, 6) is 6.60. The topological polar surface area (TPSA) is 82.9 Å². The molecule has 0 bridgehead atoms. The molecule has 1 fully saturated rings. The van der Waals surface area contributed by atoms with Gasteiger partial charge in [0, 0.05) is 17.9 Å². The fourth-order valence-electron chi connectivity index (χ4n) is 4.03. The zero-order valence-electron chi connectivity index (χ0n) is 21.0. The van der Waals surface area contributed by atoms with Crippen LogP contribution in [0.5, 0.6) is 0 Å². The molecule has 5 nitrogen and oxygen atoms in total. The van der Waals surface area contributed by atoms with E-state index in [0.29, 0.717) is 12.1 Å². The number of nitrogens with two attached hydrogens (primary N) is 1. The van der Waals surface area contributed by atoms with Gasteiger partial charge in [-0.25, -0.2) is 0 Å². The van der Waals surface area contributed by atoms with Gasteiger partial charge in [-0.15, -0.1) is 0 Å². The minimum atomic E-state index is -0.0404. The maximum absolute atomic E-state index is 12.2. The largest absolute Gasteiger partial charge is 0.362 e. The summed E-state index contributed by atoms with van der Waals surface area (Å²) in [6.07, 6.45) is 6.54. The molecular weight excluding hydrogens is 396 g/mol. The van der Waals surface area contributed by atoms with Crippen molar-refractivity contribution in [3.63, 3.8) is 0 Å². The first-order chi connectivity index (χ1) is 15.2. The predicted octanol–water partition coefficient (Wildman–Crippen LogP) is 5.90. The Labute approximate surface area is 195 Å². The quantitative estimate of drug-likeness (QED) is 0.333. The summed E-state index contributed by atoms with van der Waals surface area (Å²) >= 11 is 0. The van der Waals surface area contributed by atoms with Crippen LogP contribution in [0.4, 0.5) is 0 Å². The summed E-state index contributed by atoms with van der Waals surface area (Å²) in [5, 5.41) is 2.96. The van der Waals surface area contributed by atoms with E-state index in [2.05, 4.69) is 61.1 Å². The van der Waals surface area contributed by atoms with Crippen LogP contribution >= 0.6 is 0 Å². The molecule has 0 saturated heterocycles. The number of aryl methyl sites for hydroxylation is 2. The number of hydrogen-bond donors (Lipinski definition) is 4. The summed E-state index contributed by atoms with van der Waals surface area (Å²) < 4.78 is 0. The fourth-order valence-corrected chi connectivity index (χ4v) is 4.03. The van der Waals surface area contributed by atoms with Crippen LogP contribution in [0.2, 0.25) is 0 Å². The molecule has 1 heterocycles. The van der Waals surface area contributed by atoms with Gasteiger partial charge in [-0.3, -0.25) is 16.1 Å². The van der Waals surface area contributed by atoms with Gasteiger partial charge in [-0.2, -0.15) is 0 Å². The lowest BCUT2D eigenvalue weighted by Gasteiger charge is -2.08. The lowest BCUT2D eigenvalue weighted by atomic mass is 10.0. The van der Waals surface area contributed by atoms with Gasteiger partial charge < -0.3 is 10.3 Å². The van der Waals surface area contributed by atoms with Crippen LogP contribution in [0, 0.1) is 25.7 Å². The lowest BCUT2D eigenvalue weighted by Crippen LogP contribution is -2.23. The minimum Gasteiger partial charge on any atom is -0.362 e. The van der Waals surface area contributed by atoms with E-state index < -0.39 is 0 Å². The van der Waals surface area contributed by atoms with E-state index in [1.807, 2.05) is 32.0 Å². The van der Waals surface area contributed by atoms with Crippen molar-refractivity contribution in [1.29, 1.82) is 0 Å². The number of nitrogens with one attached hydrogen (secondary N) is 3. The third kappa shape index (κ3) is 9.84. The Kier molecular flexibility index (Phi) is 12.7. The van der Waals surface area contributed by atoms with Crippen LogP contribution in [0.3, 0.4) is 0 Å². The molecule has 0 aliphatic heterocycles. The number of carbonyl (C=O) groups excluding carboxylic acids is 1. The molecule has 5 heteroatoms. The van der Waals surface area contributed by atoms with E-state index in [0.717, 1.165) is 47.2 Å². The number of benzene rings is 1. The van der Waals surface area contributed by atoms with Crippen LogP contribution < -0.4 is 16.6 Å².